The Kier molecular flexibility index (Phi) is 7.64. The molecule has 7 heteroatoms. The van der Waals surface area contributed by atoms with Crippen LogP contribution in [0.25, 0.3) is 10.9 Å². The highest BCUT2D eigenvalue weighted by atomic mass is 16.5. The molecule has 1 aliphatic rings. The second-order valence-corrected chi connectivity index (χ2v) is 8.08. The van der Waals surface area contributed by atoms with Crippen LogP contribution in [0.5, 0.6) is 5.75 Å². The van der Waals surface area contributed by atoms with Gasteiger partial charge >= 0.3 is 6.03 Å². The minimum Gasteiger partial charge on any atom is -0.492 e. The number of aryl methyl sites for hydroxylation is 1. The van der Waals surface area contributed by atoms with Crippen LogP contribution in [0.3, 0.4) is 0 Å². The number of ether oxygens (including phenoxy) is 2. The number of para-hydroxylation sites is 1. The van der Waals surface area contributed by atoms with E-state index < -0.39 is 0 Å². The Morgan fingerprint density at radius 3 is 2.84 bits per heavy atom. The van der Waals surface area contributed by atoms with Crippen LogP contribution in [0.15, 0.2) is 48.5 Å². The number of fused-ring (bicyclic) bond motifs is 1. The first-order valence-corrected chi connectivity index (χ1v) is 11.3. The van der Waals surface area contributed by atoms with Crippen LogP contribution in [-0.2, 0) is 17.7 Å². The molecule has 7 nitrogen and oxygen atoms in total. The molecule has 1 aliphatic heterocycles. The topological polar surface area (TPSA) is 78.6 Å². The van der Waals surface area contributed by atoms with Crippen molar-refractivity contribution in [2.24, 2.45) is 0 Å². The SMILES string of the molecule is Cc1[nH]c2ccccc2c1CCNC(=O)NCc1cccc(OCCN2CCOCC2)c1. The van der Waals surface area contributed by atoms with Crippen molar-refractivity contribution < 1.29 is 14.3 Å². The maximum atomic E-state index is 12.2. The van der Waals surface area contributed by atoms with Gasteiger partial charge in [-0.2, -0.15) is 0 Å². The summed E-state index contributed by atoms with van der Waals surface area (Å²) in [5.41, 5.74) is 4.55. The van der Waals surface area contributed by atoms with Crippen LogP contribution in [0.2, 0.25) is 0 Å². The molecular formula is C25H32N4O3. The normalized spacial score (nSPS) is 14.4. The summed E-state index contributed by atoms with van der Waals surface area (Å²) in [5.74, 6) is 0.827. The number of benzene rings is 2. The molecular weight excluding hydrogens is 404 g/mol. The molecule has 3 aromatic rings. The van der Waals surface area contributed by atoms with Crippen molar-refractivity contribution in [2.45, 2.75) is 19.9 Å². The zero-order valence-corrected chi connectivity index (χ0v) is 18.7. The van der Waals surface area contributed by atoms with Gasteiger partial charge in [-0.15, -0.1) is 0 Å². The van der Waals surface area contributed by atoms with Crippen molar-refractivity contribution in [3.8, 4) is 5.75 Å². The maximum absolute atomic E-state index is 12.2. The molecule has 1 fully saturated rings. The van der Waals surface area contributed by atoms with Crippen molar-refractivity contribution in [1.29, 1.82) is 0 Å². The highest BCUT2D eigenvalue weighted by Crippen LogP contribution is 2.21. The van der Waals surface area contributed by atoms with Gasteiger partial charge in [0.25, 0.3) is 0 Å². The van der Waals surface area contributed by atoms with Crippen LogP contribution in [0.4, 0.5) is 4.79 Å². The molecule has 0 spiro atoms. The average molecular weight is 437 g/mol. The van der Waals surface area contributed by atoms with Crippen molar-refractivity contribution in [3.05, 3.63) is 65.4 Å². The summed E-state index contributed by atoms with van der Waals surface area (Å²) in [6, 6.07) is 16.0. The highest BCUT2D eigenvalue weighted by molar-refractivity contribution is 5.84. The monoisotopic (exact) mass is 436 g/mol. The van der Waals surface area contributed by atoms with E-state index in [9.17, 15) is 4.79 Å². The van der Waals surface area contributed by atoms with Crippen LogP contribution in [0, 0.1) is 6.92 Å². The van der Waals surface area contributed by atoms with E-state index >= 15 is 0 Å². The number of hydrogen-bond acceptors (Lipinski definition) is 4. The van der Waals surface area contributed by atoms with Gasteiger partial charge in [0.1, 0.15) is 12.4 Å². The van der Waals surface area contributed by atoms with Gasteiger partial charge in [-0.05, 0) is 42.7 Å². The number of nitrogens with zero attached hydrogens (tertiary/aromatic N) is 1. The van der Waals surface area contributed by atoms with Crippen molar-refractivity contribution >= 4 is 16.9 Å². The first kappa shape index (κ1) is 22.2. The quantitative estimate of drug-likeness (QED) is 0.481. The molecule has 1 saturated heterocycles. The highest BCUT2D eigenvalue weighted by Gasteiger charge is 2.10. The van der Waals surface area contributed by atoms with E-state index in [0.29, 0.717) is 19.7 Å². The Balaban J connectivity index is 1.18. The standard InChI is InChI=1S/C25H32N4O3/c1-19-22(23-7-2-3-8-24(23)28-19)9-10-26-25(30)27-18-20-5-4-6-21(17-20)32-16-13-29-11-14-31-15-12-29/h2-8,17,28H,9-16,18H2,1H3,(H2,26,27,30). The molecule has 1 aromatic heterocycles. The number of carbonyl (C=O) groups is 1. The number of amides is 2. The third-order valence-electron chi connectivity index (χ3n) is 5.82. The lowest BCUT2D eigenvalue weighted by Gasteiger charge is -2.26. The van der Waals surface area contributed by atoms with Gasteiger partial charge < -0.3 is 25.1 Å². The lowest BCUT2D eigenvalue weighted by Crippen LogP contribution is -2.38. The van der Waals surface area contributed by atoms with Gasteiger partial charge in [-0.3, -0.25) is 4.90 Å². The maximum Gasteiger partial charge on any atom is 0.315 e. The number of urea groups is 1. The molecule has 0 saturated carbocycles. The Morgan fingerprint density at radius 1 is 1.12 bits per heavy atom. The van der Waals surface area contributed by atoms with Gasteiger partial charge in [-0.1, -0.05) is 30.3 Å². The summed E-state index contributed by atoms with van der Waals surface area (Å²) in [7, 11) is 0. The summed E-state index contributed by atoms with van der Waals surface area (Å²) in [4.78, 5) is 18.0. The average Bonchev–Trinajstić information content (AvgIpc) is 3.14. The van der Waals surface area contributed by atoms with Crippen LogP contribution < -0.4 is 15.4 Å². The lowest BCUT2D eigenvalue weighted by atomic mass is 10.1. The van der Waals surface area contributed by atoms with Crippen molar-refractivity contribution in [1.82, 2.24) is 20.5 Å². The molecule has 2 aromatic carbocycles. The molecule has 0 atom stereocenters. The summed E-state index contributed by atoms with van der Waals surface area (Å²) in [5, 5.41) is 7.11. The smallest absolute Gasteiger partial charge is 0.315 e. The zero-order valence-electron chi connectivity index (χ0n) is 18.7. The Morgan fingerprint density at radius 2 is 1.97 bits per heavy atom. The fraction of sp³-hybridized carbons (Fsp3) is 0.400. The van der Waals surface area contributed by atoms with Crippen molar-refractivity contribution in [3.63, 3.8) is 0 Å². The Bertz CT molecular complexity index is 1030. The third kappa shape index (κ3) is 6.02. The van der Waals surface area contributed by atoms with E-state index in [1.54, 1.807) is 0 Å². The van der Waals surface area contributed by atoms with Crippen molar-refractivity contribution in [2.75, 3.05) is 46.0 Å². The number of aromatic amines is 1. The summed E-state index contributed by atoms with van der Waals surface area (Å²) < 4.78 is 11.3. The Hall–Kier alpha value is -3.03. The van der Waals surface area contributed by atoms with Crippen LogP contribution in [-0.4, -0.2) is 61.9 Å². The number of hydrogen-bond donors (Lipinski definition) is 3. The minimum atomic E-state index is -0.166. The largest absolute Gasteiger partial charge is 0.492 e. The molecule has 3 N–H and O–H groups in total. The minimum absolute atomic E-state index is 0.166. The van der Waals surface area contributed by atoms with Crippen LogP contribution in [0.1, 0.15) is 16.8 Å². The van der Waals surface area contributed by atoms with E-state index in [4.69, 9.17) is 9.47 Å². The van der Waals surface area contributed by atoms with Gasteiger partial charge in [0.05, 0.1) is 13.2 Å². The predicted octanol–water partition coefficient (Wildman–Crippen LogP) is 3.23. The zero-order chi connectivity index (χ0) is 22.2. The lowest BCUT2D eigenvalue weighted by molar-refractivity contribution is 0.0322. The summed E-state index contributed by atoms with van der Waals surface area (Å²) in [6.07, 6.45) is 0.787. The van der Waals surface area contributed by atoms with E-state index in [1.165, 1.54) is 10.9 Å². The first-order chi connectivity index (χ1) is 15.7. The molecule has 2 heterocycles. The van der Waals surface area contributed by atoms with E-state index in [-0.39, 0.29) is 6.03 Å². The summed E-state index contributed by atoms with van der Waals surface area (Å²) in [6.45, 7) is 8.16. The van der Waals surface area contributed by atoms with E-state index in [2.05, 4.69) is 39.6 Å². The fourth-order valence-electron chi connectivity index (χ4n) is 4.07. The van der Waals surface area contributed by atoms with Gasteiger partial charge in [0.2, 0.25) is 0 Å². The van der Waals surface area contributed by atoms with E-state index in [0.717, 1.165) is 61.8 Å². The second-order valence-electron chi connectivity index (χ2n) is 8.08. The first-order valence-electron chi connectivity index (χ1n) is 11.3. The van der Waals surface area contributed by atoms with E-state index in [1.807, 2.05) is 36.4 Å². The number of morpholine rings is 1. The number of rotatable bonds is 9. The van der Waals surface area contributed by atoms with Gasteiger partial charge in [-0.25, -0.2) is 4.79 Å². The number of nitrogens with one attached hydrogen (secondary N) is 3. The van der Waals surface area contributed by atoms with Gasteiger partial charge in [0.15, 0.2) is 0 Å². The molecule has 0 bridgehead atoms. The second kappa shape index (κ2) is 11.0. The van der Waals surface area contributed by atoms with Gasteiger partial charge in [0, 0.05) is 49.3 Å². The number of H-pyrrole nitrogens is 1. The molecule has 2 amide bonds. The number of aromatic nitrogens is 1. The predicted molar refractivity (Wildman–Crippen MR) is 126 cm³/mol. The molecule has 4 rings (SSSR count). The Labute approximate surface area is 189 Å². The third-order valence-corrected chi connectivity index (χ3v) is 5.82. The molecule has 0 aliphatic carbocycles. The number of carbonyl (C=O) groups excluding carboxylic acids is 1. The fourth-order valence-corrected chi connectivity index (χ4v) is 4.07. The van der Waals surface area contributed by atoms with Crippen LogP contribution >= 0.6 is 0 Å². The molecule has 170 valence electrons. The molecule has 0 radical (unpaired) electrons. The molecule has 32 heavy (non-hydrogen) atoms. The summed E-state index contributed by atoms with van der Waals surface area (Å²) >= 11 is 0. The molecule has 0 unspecified atom stereocenters.